The van der Waals surface area contributed by atoms with E-state index in [0.29, 0.717) is 6.42 Å². The minimum absolute atomic E-state index is 0.0354. The van der Waals surface area contributed by atoms with Gasteiger partial charge in [-0.05, 0) is 18.8 Å². The summed E-state index contributed by atoms with van der Waals surface area (Å²) in [5.41, 5.74) is 5.85. The zero-order chi connectivity index (χ0) is 9.07. The zero-order valence-electron chi connectivity index (χ0n) is 7.82. The quantitative estimate of drug-likeness (QED) is 0.658. The number of rotatable bonds is 2. The maximum atomic E-state index is 12.3. The molecule has 0 aliphatic carbocycles. The van der Waals surface area contributed by atoms with Gasteiger partial charge in [-0.2, -0.15) is 0 Å². The first-order valence-corrected chi connectivity index (χ1v) is 3.92. The first-order valence-electron chi connectivity index (χ1n) is 3.92. The summed E-state index contributed by atoms with van der Waals surface area (Å²) in [4.78, 5) is 0. The molecule has 0 saturated heterocycles. The third-order valence-electron chi connectivity index (χ3n) is 1.77. The van der Waals surface area contributed by atoms with Gasteiger partial charge < -0.3 is 5.73 Å². The summed E-state index contributed by atoms with van der Waals surface area (Å²) in [6, 6.07) is 0.0354. The summed E-state index contributed by atoms with van der Waals surface area (Å²) in [6.07, 6.45) is 2.15. The van der Waals surface area contributed by atoms with Gasteiger partial charge in [0.25, 0.3) is 0 Å². The van der Waals surface area contributed by atoms with Gasteiger partial charge in [-0.15, -0.1) is 0 Å². The molecule has 0 saturated carbocycles. The van der Waals surface area contributed by atoms with Crippen molar-refractivity contribution < 1.29 is 4.39 Å². The number of halogens is 1. The lowest BCUT2D eigenvalue weighted by atomic mass is 9.85. The smallest absolute Gasteiger partial charge is 0.0929 e. The van der Waals surface area contributed by atoms with E-state index in [9.17, 15) is 4.39 Å². The van der Waals surface area contributed by atoms with E-state index in [1.807, 2.05) is 0 Å². The minimum atomic E-state index is -0.148. The van der Waals surface area contributed by atoms with E-state index in [4.69, 9.17) is 5.73 Å². The van der Waals surface area contributed by atoms with Crippen LogP contribution in [0.1, 0.15) is 34.1 Å². The Morgan fingerprint density at radius 2 is 2.00 bits per heavy atom. The molecule has 1 unspecified atom stereocenters. The van der Waals surface area contributed by atoms with Gasteiger partial charge in [0, 0.05) is 6.04 Å². The first-order chi connectivity index (χ1) is 4.84. The summed E-state index contributed by atoms with van der Waals surface area (Å²) < 4.78 is 12.3. The Balaban J connectivity index is 3.89. The van der Waals surface area contributed by atoms with Crippen LogP contribution in [0.15, 0.2) is 11.9 Å². The van der Waals surface area contributed by atoms with E-state index in [2.05, 4.69) is 20.8 Å². The van der Waals surface area contributed by atoms with Crippen molar-refractivity contribution in [3.63, 3.8) is 0 Å². The van der Waals surface area contributed by atoms with Gasteiger partial charge in [0.1, 0.15) is 0 Å². The third kappa shape index (κ3) is 4.96. The van der Waals surface area contributed by atoms with Crippen LogP contribution in [-0.4, -0.2) is 6.04 Å². The van der Waals surface area contributed by atoms with Crippen molar-refractivity contribution >= 4 is 0 Å². The lowest BCUT2D eigenvalue weighted by molar-refractivity contribution is 0.321. The van der Waals surface area contributed by atoms with E-state index < -0.39 is 0 Å². The largest absolute Gasteiger partial charge is 0.327 e. The monoisotopic (exact) mass is 159 g/mol. The van der Waals surface area contributed by atoms with E-state index in [1.165, 1.54) is 13.0 Å². The van der Waals surface area contributed by atoms with Crippen LogP contribution in [0.25, 0.3) is 0 Å². The topological polar surface area (TPSA) is 26.0 Å². The van der Waals surface area contributed by atoms with Crippen molar-refractivity contribution in [3.05, 3.63) is 11.9 Å². The van der Waals surface area contributed by atoms with Gasteiger partial charge in [-0.25, -0.2) is 4.39 Å². The number of allylic oxidation sites excluding steroid dienone is 1. The molecule has 0 aliphatic rings. The molecule has 0 aromatic carbocycles. The molecule has 2 heteroatoms. The van der Waals surface area contributed by atoms with Crippen molar-refractivity contribution in [2.24, 2.45) is 11.1 Å². The lowest BCUT2D eigenvalue weighted by Gasteiger charge is -2.25. The lowest BCUT2D eigenvalue weighted by Crippen LogP contribution is -2.34. The predicted octanol–water partition coefficient (Wildman–Crippen LogP) is 2.62. The molecular weight excluding hydrogens is 141 g/mol. The molecule has 0 aromatic rings. The van der Waals surface area contributed by atoms with Crippen molar-refractivity contribution in [2.75, 3.05) is 0 Å². The summed E-state index contributed by atoms with van der Waals surface area (Å²) in [5.74, 6) is -0.148. The van der Waals surface area contributed by atoms with E-state index >= 15 is 0 Å². The molecule has 0 amide bonds. The van der Waals surface area contributed by atoms with Crippen LogP contribution < -0.4 is 5.73 Å². The van der Waals surface area contributed by atoms with E-state index in [0.717, 1.165) is 0 Å². The van der Waals surface area contributed by atoms with Crippen molar-refractivity contribution in [2.45, 2.75) is 40.2 Å². The number of hydrogen-bond acceptors (Lipinski definition) is 1. The second-order valence-electron chi connectivity index (χ2n) is 4.00. The van der Waals surface area contributed by atoms with Crippen LogP contribution in [0.2, 0.25) is 0 Å². The van der Waals surface area contributed by atoms with Crippen LogP contribution in [0.5, 0.6) is 0 Å². The minimum Gasteiger partial charge on any atom is -0.327 e. The van der Waals surface area contributed by atoms with Crippen LogP contribution >= 0.6 is 0 Å². The summed E-state index contributed by atoms with van der Waals surface area (Å²) in [6.45, 7) is 7.60. The fourth-order valence-corrected chi connectivity index (χ4v) is 0.643. The summed E-state index contributed by atoms with van der Waals surface area (Å²) in [7, 11) is 0. The van der Waals surface area contributed by atoms with Gasteiger partial charge in [0.2, 0.25) is 0 Å². The Kier molecular flexibility index (Phi) is 3.73. The van der Waals surface area contributed by atoms with Crippen LogP contribution in [-0.2, 0) is 0 Å². The highest BCUT2D eigenvalue weighted by atomic mass is 19.1. The molecule has 0 fully saturated rings. The maximum Gasteiger partial charge on any atom is 0.0929 e. The van der Waals surface area contributed by atoms with Crippen molar-refractivity contribution in [1.82, 2.24) is 0 Å². The molecule has 66 valence electrons. The Labute approximate surface area is 68.5 Å². The Bertz CT molecular complexity index is 140. The summed E-state index contributed by atoms with van der Waals surface area (Å²) in [5, 5.41) is 0. The van der Waals surface area contributed by atoms with Gasteiger partial charge in [-0.3, -0.25) is 0 Å². The van der Waals surface area contributed by atoms with Crippen molar-refractivity contribution in [3.8, 4) is 0 Å². The molecule has 11 heavy (non-hydrogen) atoms. The molecule has 0 radical (unpaired) electrons. The highest BCUT2D eigenvalue weighted by Crippen LogP contribution is 2.20. The number of nitrogens with two attached hydrogens (primary N) is 1. The standard InChI is InChI=1S/C9H18FN/c1-7(10)5-6-8(11)9(2,3)4/h5,8H,6,11H2,1-4H3/b7-5-. The van der Waals surface area contributed by atoms with E-state index in [-0.39, 0.29) is 17.3 Å². The Morgan fingerprint density at radius 1 is 1.55 bits per heavy atom. The number of hydrogen-bond donors (Lipinski definition) is 1. The third-order valence-corrected chi connectivity index (χ3v) is 1.77. The Morgan fingerprint density at radius 3 is 2.27 bits per heavy atom. The molecular formula is C9H18FN. The highest BCUT2D eigenvalue weighted by Gasteiger charge is 2.18. The van der Waals surface area contributed by atoms with Gasteiger partial charge in [0.15, 0.2) is 0 Å². The van der Waals surface area contributed by atoms with E-state index in [1.54, 1.807) is 0 Å². The SMILES string of the molecule is C/C(F)=C/CC(N)C(C)(C)C. The molecule has 0 aliphatic heterocycles. The zero-order valence-corrected chi connectivity index (χ0v) is 7.82. The molecule has 0 rings (SSSR count). The molecule has 2 N–H and O–H groups in total. The fraction of sp³-hybridized carbons (Fsp3) is 0.778. The van der Waals surface area contributed by atoms with Gasteiger partial charge in [0.05, 0.1) is 5.83 Å². The van der Waals surface area contributed by atoms with Gasteiger partial charge >= 0.3 is 0 Å². The predicted molar refractivity (Wildman–Crippen MR) is 46.9 cm³/mol. The normalized spacial score (nSPS) is 16.7. The molecule has 1 nitrogen and oxygen atoms in total. The van der Waals surface area contributed by atoms with Gasteiger partial charge in [-0.1, -0.05) is 26.8 Å². The average molecular weight is 159 g/mol. The molecule has 0 spiro atoms. The molecule has 1 atom stereocenters. The second kappa shape index (κ2) is 3.86. The average Bonchev–Trinajstić information content (AvgIpc) is 1.80. The molecule has 0 aromatic heterocycles. The molecule has 0 heterocycles. The van der Waals surface area contributed by atoms with Crippen molar-refractivity contribution in [1.29, 1.82) is 0 Å². The Hall–Kier alpha value is -0.370. The second-order valence-corrected chi connectivity index (χ2v) is 4.00. The van der Waals surface area contributed by atoms with Crippen LogP contribution in [0, 0.1) is 5.41 Å². The summed E-state index contributed by atoms with van der Waals surface area (Å²) >= 11 is 0. The first kappa shape index (κ1) is 10.6. The fourth-order valence-electron chi connectivity index (χ4n) is 0.643. The molecule has 0 bridgehead atoms. The maximum absolute atomic E-state index is 12.3. The van der Waals surface area contributed by atoms with Crippen LogP contribution in [0.4, 0.5) is 4.39 Å². The van der Waals surface area contributed by atoms with Crippen LogP contribution in [0.3, 0.4) is 0 Å². The highest BCUT2D eigenvalue weighted by molar-refractivity contribution is 4.92.